The number of hydrogen-bond acceptors (Lipinski definition) is 3. The highest BCUT2D eigenvalue weighted by Crippen LogP contribution is 2.11. The smallest absolute Gasteiger partial charge is 0.118 e. The first-order valence-corrected chi connectivity index (χ1v) is 7.74. The van der Waals surface area contributed by atoms with Crippen molar-refractivity contribution in [1.82, 2.24) is 5.32 Å². The van der Waals surface area contributed by atoms with Crippen molar-refractivity contribution >= 4 is 10.8 Å². The molecule has 98 valence electrons. The Kier molecular flexibility index (Phi) is 6.52. The summed E-state index contributed by atoms with van der Waals surface area (Å²) in [5.74, 6) is 3.50. The summed E-state index contributed by atoms with van der Waals surface area (Å²) in [6, 6.07) is 3.89. The molecule has 0 amide bonds. The molecule has 0 fully saturated rings. The van der Waals surface area contributed by atoms with Crippen LogP contribution in [0.5, 0.6) is 0 Å². The number of rotatable bonds is 8. The molecule has 1 aromatic heterocycles. The molecule has 0 aliphatic rings. The molecule has 0 spiro atoms. The lowest BCUT2D eigenvalue weighted by atomic mass is 10.3. The van der Waals surface area contributed by atoms with Crippen molar-refractivity contribution in [3.63, 3.8) is 0 Å². The van der Waals surface area contributed by atoms with Crippen molar-refractivity contribution in [3.8, 4) is 0 Å². The maximum Gasteiger partial charge on any atom is 0.118 e. The molecule has 0 aliphatic carbocycles. The molecule has 1 aromatic rings. The van der Waals surface area contributed by atoms with Crippen LogP contribution in [0.25, 0.3) is 0 Å². The first-order valence-electron chi connectivity index (χ1n) is 6.25. The lowest BCUT2D eigenvalue weighted by molar-refractivity contribution is 0.458. The molecule has 0 aromatic carbocycles. The van der Waals surface area contributed by atoms with E-state index in [0.29, 0.717) is 11.7 Å². The van der Waals surface area contributed by atoms with Crippen LogP contribution in [0.15, 0.2) is 16.5 Å². The van der Waals surface area contributed by atoms with E-state index in [0.717, 1.165) is 36.8 Å². The standard InChI is InChI=1S/C13H23NO2S/c1-4-7-14-8-12-5-6-13(16-12)10-17(15)9-11(2)3/h5-6,11,14H,4,7-10H2,1-3H3. The van der Waals surface area contributed by atoms with Crippen LogP contribution in [0.4, 0.5) is 0 Å². The molecule has 4 heteroatoms. The maximum absolute atomic E-state index is 11.7. The van der Waals surface area contributed by atoms with Crippen molar-refractivity contribution in [2.24, 2.45) is 5.92 Å². The Labute approximate surface area is 106 Å². The van der Waals surface area contributed by atoms with E-state index < -0.39 is 10.8 Å². The van der Waals surface area contributed by atoms with Crippen LogP contribution < -0.4 is 5.32 Å². The highest BCUT2D eigenvalue weighted by atomic mass is 32.2. The normalized spacial score (nSPS) is 13.2. The summed E-state index contributed by atoms with van der Waals surface area (Å²) in [5.41, 5.74) is 0. The topological polar surface area (TPSA) is 42.2 Å². The second-order valence-electron chi connectivity index (χ2n) is 4.69. The zero-order valence-electron chi connectivity index (χ0n) is 11.0. The predicted molar refractivity (Wildman–Crippen MR) is 72.3 cm³/mol. The van der Waals surface area contributed by atoms with Gasteiger partial charge in [0.2, 0.25) is 0 Å². The highest BCUT2D eigenvalue weighted by Gasteiger charge is 2.08. The zero-order valence-corrected chi connectivity index (χ0v) is 11.8. The summed E-state index contributed by atoms with van der Waals surface area (Å²) < 4.78 is 17.4. The van der Waals surface area contributed by atoms with E-state index in [1.165, 1.54) is 0 Å². The van der Waals surface area contributed by atoms with Gasteiger partial charge >= 0.3 is 0 Å². The van der Waals surface area contributed by atoms with Gasteiger partial charge in [0.1, 0.15) is 11.5 Å². The van der Waals surface area contributed by atoms with Crippen LogP contribution in [0, 0.1) is 5.92 Å². The van der Waals surface area contributed by atoms with E-state index in [-0.39, 0.29) is 0 Å². The third-order valence-electron chi connectivity index (χ3n) is 2.27. The molecule has 17 heavy (non-hydrogen) atoms. The van der Waals surface area contributed by atoms with E-state index >= 15 is 0 Å². The third-order valence-corrected chi connectivity index (χ3v) is 3.91. The minimum absolute atomic E-state index is 0.469. The van der Waals surface area contributed by atoms with Gasteiger partial charge in [-0.3, -0.25) is 4.21 Å². The molecule has 0 radical (unpaired) electrons. The van der Waals surface area contributed by atoms with Crippen LogP contribution in [0.2, 0.25) is 0 Å². The highest BCUT2D eigenvalue weighted by molar-refractivity contribution is 7.84. The summed E-state index contributed by atoms with van der Waals surface area (Å²) in [4.78, 5) is 0. The Morgan fingerprint density at radius 3 is 2.71 bits per heavy atom. The van der Waals surface area contributed by atoms with Gasteiger partial charge in [-0.2, -0.15) is 0 Å². The van der Waals surface area contributed by atoms with E-state index in [2.05, 4.69) is 26.1 Å². The van der Waals surface area contributed by atoms with Gasteiger partial charge in [0.15, 0.2) is 0 Å². The van der Waals surface area contributed by atoms with E-state index in [9.17, 15) is 4.21 Å². The molecule has 1 N–H and O–H groups in total. The molecule has 0 bridgehead atoms. The average molecular weight is 257 g/mol. The van der Waals surface area contributed by atoms with Gasteiger partial charge in [0.25, 0.3) is 0 Å². The monoisotopic (exact) mass is 257 g/mol. The molecule has 1 unspecified atom stereocenters. The molecule has 1 atom stereocenters. The number of furan rings is 1. The van der Waals surface area contributed by atoms with Crippen LogP contribution in [-0.4, -0.2) is 16.5 Å². The van der Waals surface area contributed by atoms with Gasteiger partial charge in [-0.05, 0) is 31.0 Å². The van der Waals surface area contributed by atoms with Gasteiger partial charge < -0.3 is 9.73 Å². The SMILES string of the molecule is CCCNCc1ccc(CS(=O)CC(C)C)o1. The van der Waals surface area contributed by atoms with Crippen molar-refractivity contribution < 1.29 is 8.63 Å². The molecule has 0 aliphatic heterocycles. The lowest BCUT2D eigenvalue weighted by Crippen LogP contribution is -2.13. The van der Waals surface area contributed by atoms with Crippen molar-refractivity contribution in [1.29, 1.82) is 0 Å². The van der Waals surface area contributed by atoms with Crippen molar-refractivity contribution in [3.05, 3.63) is 23.7 Å². The summed E-state index contributed by atoms with van der Waals surface area (Å²) in [5, 5.41) is 3.28. The molecule has 1 heterocycles. The zero-order chi connectivity index (χ0) is 12.7. The van der Waals surface area contributed by atoms with Gasteiger partial charge in [-0.15, -0.1) is 0 Å². The minimum atomic E-state index is -0.809. The molecular formula is C13H23NO2S. The fourth-order valence-electron chi connectivity index (χ4n) is 1.57. The van der Waals surface area contributed by atoms with Crippen LogP contribution in [-0.2, 0) is 23.1 Å². The summed E-state index contributed by atoms with van der Waals surface area (Å²) >= 11 is 0. The largest absolute Gasteiger partial charge is 0.464 e. The van der Waals surface area contributed by atoms with Gasteiger partial charge in [-0.1, -0.05) is 20.8 Å². The molecule has 0 saturated heterocycles. The Morgan fingerprint density at radius 2 is 2.06 bits per heavy atom. The lowest BCUT2D eigenvalue weighted by Gasteiger charge is -2.03. The van der Waals surface area contributed by atoms with E-state index in [4.69, 9.17) is 4.42 Å². The van der Waals surface area contributed by atoms with Crippen molar-refractivity contribution in [2.75, 3.05) is 12.3 Å². The number of nitrogens with one attached hydrogen (secondary N) is 1. The molecule has 1 rings (SSSR count). The second kappa shape index (κ2) is 7.67. The Morgan fingerprint density at radius 1 is 1.35 bits per heavy atom. The average Bonchev–Trinajstić information content (AvgIpc) is 2.64. The fourth-order valence-corrected chi connectivity index (χ4v) is 2.91. The predicted octanol–water partition coefficient (Wildman–Crippen LogP) is 2.68. The molecule has 3 nitrogen and oxygen atoms in total. The quantitative estimate of drug-likeness (QED) is 0.728. The minimum Gasteiger partial charge on any atom is -0.464 e. The Hall–Kier alpha value is -0.610. The van der Waals surface area contributed by atoms with Gasteiger partial charge in [0.05, 0.1) is 12.3 Å². The summed E-state index contributed by atoms with van der Waals surface area (Å²) in [6.07, 6.45) is 1.12. The second-order valence-corrected chi connectivity index (χ2v) is 6.19. The summed E-state index contributed by atoms with van der Waals surface area (Å²) in [6.45, 7) is 8.05. The van der Waals surface area contributed by atoms with Crippen molar-refractivity contribution in [2.45, 2.75) is 39.5 Å². The van der Waals surface area contributed by atoms with Gasteiger partial charge in [0, 0.05) is 16.6 Å². The first kappa shape index (κ1) is 14.5. The first-order chi connectivity index (χ1) is 8.11. The Balaban J connectivity index is 2.37. The van der Waals surface area contributed by atoms with Gasteiger partial charge in [-0.25, -0.2) is 0 Å². The van der Waals surface area contributed by atoms with Crippen LogP contribution >= 0.6 is 0 Å². The van der Waals surface area contributed by atoms with E-state index in [1.807, 2.05) is 12.1 Å². The Bertz CT molecular complexity index is 347. The summed E-state index contributed by atoms with van der Waals surface area (Å²) in [7, 11) is -0.809. The maximum atomic E-state index is 11.7. The van der Waals surface area contributed by atoms with E-state index in [1.54, 1.807) is 0 Å². The number of hydrogen-bond donors (Lipinski definition) is 1. The molecule has 0 saturated carbocycles. The van der Waals surface area contributed by atoms with Crippen LogP contribution in [0.3, 0.4) is 0 Å². The fraction of sp³-hybridized carbons (Fsp3) is 0.692. The third kappa shape index (κ3) is 6.03. The molecular weight excluding hydrogens is 234 g/mol. The van der Waals surface area contributed by atoms with Crippen LogP contribution in [0.1, 0.15) is 38.7 Å².